The minimum Gasteiger partial charge on any atom is -0.394 e. The van der Waals surface area contributed by atoms with Crippen molar-refractivity contribution < 1.29 is 5.11 Å². The lowest BCUT2D eigenvalue weighted by Crippen LogP contribution is -2.50. The average Bonchev–Trinajstić information content (AvgIpc) is 2.96. The minimum absolute atomic E-state index is 0.139. The maximum Gasteiger partial charge on any atom is 0.0616 e. The van der Waals surface area contributed by atoms with E-state index in [2.05, 4.69) is 36.3 Å². The third-order valence-electron chi connectivity index (χ3n) is 5.27. The number of aliphatic hydroxyl groups is 1. The van der Waals surface area contributed by atoms with Crippen molar-refractivity contribution >= 4 is 11.6 Å². The minimum atomic E-state index is -0.139. The summed E-state index contributed by atoms with van der Waals surface area (Å²) in [7, 11) is 2.18. The molecule has 3 nitrogen and oxygen atoms in total. The van der Waals surface area contributed by atoms with Gasteiger partial charge in [0.1, 0.15) is 0 Å². The van der Waals surface area contributed by atoms with Crippen LogP contribution < -0.4 is 5.32 Å². The summed E-state index contributed by atoms with van der Waals surface area (Å²) in [5.74, 6) is 1.08. The van der Waals surface area contributed by atoms with E-state index in [9.17, 15) is 5.11 Å². The summed E-state index contributed by atoms with van der Waals surface area (Å²) >= 11 is 5.99. The molecular weight excluding hydrogens is 272 g/mol. The predicted molar refractivity (Wildman–Crippen MR) is 81.9 cm³/mol. The molecule has 4 heteroatoms. The largest absolute Gasteiger partial charge is 0.394 e. The first kappa shape index (κ1) is 14.3. The molecule has 0 spiro atoms. The van der Waals surface area contributed by atoms with Gasteiger partial charge in [-0.25, -0.2) is 0 Å². The number of likely N-dealkylation sites (tertiary alicyclic amines) is 1. The normalized spacial score (nSPS) is 37.3. The summed E-state index contributed by atoms with van der Waals surface area (Å²) in [5, 5.41) is 14.5. The number of fused-ring (bicyclic) bond motifs is 1. The Bertz CT molecular complexity index is 472. The van der Waals surface area contributed by atoms with E-state index in [-0.39, 0.29) is 12.1 Å². The second kappa shape index (κ2) is 5.30. The molecule has 20 heavy (non-hydrogen) atoms. The van der Waals surface area contributed by atoms with Gasteiger partial charge in [0.05, 0.1) is 6.61 Å². The van der Waals surface area contributed by atoms with Gasteiger partial charge in [0.15, 0.2) is 0 Å². The number of nitrogens with zero attached hydrogens (tertiary/aromatic N) is 1. The molecule has 110 valence electrons. The number of hydrogen-bond acceptors (Lipinski definition) is 3. The molecule has 3 rings (SSSR count). The van der Waals surface area contributed by atoms with E-state index >= 15 is 0 Å². The number of nitrogens with one attached hydrogen (secondary N) is 1. The molecule has 0 radical (unpaired) electrons. The van der Waals surface area contributed by atoms with Crippen molar-refractivity contribution in [3.05, 3.63) is 34.9 Å². The molecule has 1 aromatic rings. The van der Waals surface area contributed by atoms with Crippen LogP contribution in [0.1, 0.15) is 24.9 Å². The maximum atomic E-state index is 9.96. The quantitative estimate of drug-likeness (QED) is 0.898. The van der Waals surface area contributed by atoms with Crippen molar-refractivity contribution in [2.24, 2.45) is 11.8 Å². The van der Waals surface area contributed by atoms with Gasteiger partial charge in [-0.2, -0.15) is 0 Å². The summed E-state index contributed by atoms with van der Waals surface area (Å²) in [6, 6.07) is 8.44. The van der Waals surface area contributed by atoms with Crippen LogP contribution in [0.3, 0.4) is 0 Å². The molecule has 0 saturated carbocycles. The lowest BCUT2D eigenvalue weighted by molar-refractivity contribution is 0.126. The van der Waals surface area contributed by atoms with E-state index in [1.165, 1.54) is 5.56 Å². The lowest BCUT2D eigenvalue weighted by Gasteiger charge is -2.33. The smallest absolute Gasteiger partial charge is 0.0616 e. The molecular formula is C16H23ClN2O. The van der Waals surface area contributed by atoms with Gasteiger partial charge in [0, 0.05) is 29.7 Å². The van der Waals surface area contributed by atoms with Crippen LogP contribution in [0.2, 0.25) is 5.02 Å². The zero-order chi connectivity index (χ0) is 14.3. The van der Waals surface area contributed by atoms with Crippen molar-refractivity contribution in [2.75, 3.05) is 26.7 Å². The van der Waals surface area contributed by atoms with Gasteiger partial charge in [0.25, 0.3) is 0 Å². The third-order valence-corrected chi connectivity index (χ3v) is 5.52. The Kier molecular flexibility index (Phi) is 3.80. The van der Waals surface area contributed by atoms with Crippen molar-refractivity contribution in [2.45, 2.75) is 24.9 Å². The molecule has 2 aliphatic rings. The van der Waals surface area contributed by atoms with Crippen LogP contribution in [0.5, 0.6) is 0 Å². The van der Waals surface area contributed by atoms with Crippen molar-refractivity contribution in [1.29, 1.82) is 0 Å². The summed E-state index contributed by atoms with van der Waals surface area (Å²) in [4.78, 5) is 2.39. The van der Waals surface area contributed by atoms with E-state index in [1.807, 2.05) is 12.1 Å². The molecule has 0 amide bonds. The Labute approximate surface area is 125 Å². The molecule has 2 fully saturated rings. The predicted octanol–water partition coefficient (Wildman–Crippen LogP) is 2.30. The van der Waals surface area contributed by atoms with Crippen LogP contribution in [0.4, 0.5) is 0 Å². The number of aliphatic hydroxyl groups excluding tert-OH is 1. The van der Waals surface area contributed by atoms with Crippen LogP contribution in [0.25, 0.3) is 0 Å². The zero-order valence-electron chi connectivity index (χ0n) is 12.1. The van der Waals surface area contributed by atoms with Crippen molar-refractivity contribution in [3.8, 4) is 0 Å². The monoisotopic (exact) mass is 294 g/mol. The number of halogens is 1. The summed E-state index contributed by atoms with van der Waals surface area (Å²) < 4.78 is 0. The Hall–Kier alpha value is -0.610. The highest BCUT2D eigenvalue weighted by atomic mass is 35.5. The first-order chi connectivity index (χ1) is 9.59. The van der Waals surface area contributed by atoms with Crippen LogP contribution in [-0.2, 0) is 0 Å². The average molecular weight is 295 g/mol. The topological polar surface area (TPSA) is 35.5 Å². The van der Waals surface area contributed by atoms with Crippen LogP contribution >= 0.6 is 11.6 Å². The third kappa shape index (κ3) is 2.17. The van der Waals surface area contributed by atoms with E-state index in [1.54, 1.807) is 0 Å². The van der Waals surface area contributed by atoms with Crippen molar-refractivity contribution in [3.63, 3.8) is 0 Å². The van der Waals surface area contributed by atoms with E-state index in [0.29, 0.717) is 17.9 Å². The molecule has 2 aliphatic heterocycles. The molecule has 2 N–H and O–H groups in total. The molecule has 0 aromatic heterocycles. The first-order valence-electron chi connectivity index (χ1n) is 7.42. The second-order valence-electron chi connectivity index (χ2n) is 6.33. The Morgan fingerprint density at radius 3 is 2.65 bits per heavy atom. The van der Waals surface area contributed by atoms with Gasteiger partial charge < -0.3 is 15.3 Å². The fraction of sp³-hybridized carbons (Fsp3) is 0.625. The molecule has 4 atom stereocenters. The Balaban J connectivity index is 1.94. The molecule has 1 aromatic carbocycles. The van der Waals surface area contributed by atoms with Crippen LogP contribution in [-0.4, -0.2) is 42.3 Å². The summed E-state index contributed by atoms with van der Waals surface area (Å²) in [6.07, 6.45) is 0.961. The molecule has 0 bridgehead atoms. The van der Waals surface area contributed by atoms with Crippen LogP contribution in [0.15, 0.2) is 24.3 Å². The zero-order valence-corrected chi connectivity index (χ0v) is 12.9. The fourth-order valence-electron chi connectivity index (χ4n) is 4.12. The van der Waals surface area contributed by atoms with Gasteiger partial charge in [-0.1, -0.05) is 30.7 Å². The van der Waals surface area contributed by atoms with E-state index < -0.39 is 0 Å². The van der Waals surface area contributed by atoms with E-state index in [0.717, 1.165) is 24.5 Å². The number of hydrogen-bond donors (Lipinski definition) is 2. The van der Waals surface area contributed by atoms with Crippen LogP contribution in [0, 0.1) is 11.8 Å². The Morgan fingerprint density at radius 2 is 2.05 bits per heavy atom. The van der Waals surface area contributed by atoms with Gasteiger partial charge in [-0.15, -0.1) is 0 Å². The highest BCUT2D eigenvalue weighted by molar-refractivity contribution is 6.30. The molecule has 0 unspecified atom stereocenters. The van der Waals surface area contributed by atoms with Gasteiger partial charge >= 0.3 is 0 Å². The molecule has 2 heterocycles. The van der Waals surface area contributed by atoms with Gasteiger partial charge in [0.2, 0.25) is 0 Å². The lowest BCUT2D eigenvalue weighted by atomic mass is 9.79. The van der Waals surface area contributed by atoms with E-state index in [4.69, 9.17) is 11.6 Å². The van der Waals surface area contributed by atoms with Gasteiger partial charge in [-0.3, -0.25) is 0 Å². The van der Waals surface area contributed by atoms with Crippen molar-refractivity contribution in [1.82, 2.24) is 10.2 Å². The standard InChI is InChI=1S/C16H23ClN2O/c1-3-16(10-20)14-9-19(2)8-13(14)15(18-16)11-4-6-12(17)7-5-11/h4-7,13-15,18,20H,3,8-10H2,1-2H3/t13-,14+,15-,16+/m1/s1. The fourth-order valence-corrected chi connectivity index (χ4v) is 4.24. The second-order valence-corrected chi connectivity index (χ2v) is 6.77. The summed E-state index contributed by atoms with van der Waals surface area (Å²) in [6.45, 7) is 4.54. The number of benzene rings is 1. The highest BCUT2D eigenvalue weighted by Crippen LogP contribution is 2.48. The maximum absolute atomic E-state index is 9.96. The SMILES string of the molecule is CC[C@@]1(CO)N[C@H](c2ccc(Cl)cc2)[C@@H]2CN(C)C[C@@H]21. The Morgan fingerprint density at radius 1 is 1.35 bits per heavy atom. The number of rotatable bonds is 3. The highest BCUT2D eigenvalue weighted by Gasteiger charge is 2.55. The van der Waals surface area contributed by atoms with Gasteiger partial charge in [-0.05, 0) is 43.0 Å². The molecule has 2 saturated heterocycles. The first-order valence-corrected chi connectivity index (χ1v) is 7.80. The molecule has 0 aliphatic carbocycles. The summed E-state index contributed by atoms with van der Waals surface area (Å²) in [5.41, 5.74) is 1.14.